The molecule has 0 saturated carbocycles. The van der Waals surface area contributed by atoms with Gasteiger partial charge in [0.1, 0.15) is 0 Å². The smallest absolute Gasteiger partial charge is 0.303 e. The quantitative estimate of drug-likeness (QED) is 0.175. The van der Waals surface area contributed by atoms with Gasteiger partial charge in [0.15, 0.2) is 12.4 Å². The van der Waals surface area contributed by atoms with Crippen molar-refractivity contribution in [2.75, 3.05) is 13.6 Å². The average molecular weight is 637 g/mol. The number of esters is 1. The van der Waals surface area contributed by atoms with Crippen LogP contribution in [0.15, 0.2) is 103 Å². The van der Waals surface area contributed by atoms with E-state index in [0.29, 0.717) is 6.54 Å². The van der Waals surface area contributed by atoms with Crippen molar-refractivity contribution in [3.05, 3.63) is 131 Å². The van der Waals surface area contributed by atoms with Gasteiger partial charge in [0.05, 0.1) is 18.8 Å². The van der Waals surface area contributed by atoms with Crippen molar-refractivity contribution in [2.24, 2.45) is 5.92 Å². The first kappa shape index (κ1) is 34.0. The third kappa shape index (κ3) is 8.93. The van der Waals surface area contributed by atoms with Gasteiger partial charge < -0.3 is 24.6 Å². The molecule has 0 aliphatic carbocycles. The molecule has 1 aliphatic rings. The number of hydrogen-bond donors (Lipinski definition) is 2. The number of likely N-dealkylation sites (N-methyl/N-ethyl adjacent to an activating group) is 1. The van der Waals surface area contributed by atoms with E-state index < -0.39 is 18.4 Å². The van der Waals surface area contributed by atoms with Crippen molar-refractivity contribution in [3.8, 4) is 11.1 Å². The summed E-state index contributed by atoms with van der Waals surface area (Å²) in [6.45, 7) is 6.85. The summed E-state index contributed by atoms with van der Waals surface area (Å²) in [6.07, 6.45) is -1.73. The molecule has 1 aliphatic heterocycles. The molecule has 0 spiro atoms. The molecule has 1 fully saturated rings. The lowest BCUT2D eigenvalue weighted by molar-refractivity contribution is -0.276. The van der Waals surface area contributed by atoms with E-state index in [2.05, 4.69) is 48.5 Å². The summed E-state index contributed by atoms with van der Waals surface area (Å²) >= 11 is 0. The molecular formula is C39H44N2O6. The zero-order chi connectivity index (χ0) is 33.3. The zero-order valence-corrected chi connectivity index (χ0v) is 27.5. The van der Waals surface area contributed by atoms with E-state index in [4.69, 9.17) is 14.2 Å². The molecule has 8 nitrogen and oxygen atoms in total. The first-order chi connectivity index (χ1) is 22.7. The average Bonchev–Trinajstić information content (AvgIpc) is 3.08. The molecule has 0 aromatic heterocycles. The molecule has 1 saturated heterocycles. The Morgan fingerprint density at radius 1 is 0.872 bits per heavy atom. The highest BCUT2D eigenvalue weighted by atomic mass is 16.7. The van der Waals surface area contributed by atoms with E-state index >= 15 is 0 Å². The second-order valence-electron chi connectivity index (χ2n) is 12.3. The van der Waals surface area contributed by atoms with Crippen molar-refractivity contribution in [1.29, 1.82) is 0 Å². The monoisotopic (exact) mass is 636 g/mol. The van der Waals surface area contributed by atoms with E-state index in [0.717, 1.165) is 46.5 Å². The molecular weight excluding hydrogens is 592 g/mol. The lowest BCUT2D eigenvalue weighted by Gasteiger charge is -2.42. The number of rotatable bonds is 12. The minimum atomic E-state index is -0.865. The number of carbonyl (C=O) groups excluding carboxylic acids is 2. The van der Waals surface area contributed by atoms with E-state index in [1.165, 1.54) is 12.5 Å². The highest BCUT2D eigenvalue weighted by Gasteiger charge is 2.38. The van der Waals surface area contributed by atoms with Gasteiger partial charge in [-0.3, -0.25) is 14.5 Å². The SMILES string of the molecule is CC(=O)O[C@@H](C)C(=O)NCc1ccccc1-c1ccc([C@H]2O[C@@H](CN(C)Cc3ccccc3)[C@@H](C)[C@@H](c3ccc(CO)cc3)O2)cc1. The number of benzene rings is 4. The Morgan fingerprint density at radius 3 is 2.21 bits per heavy atom. The Kier molecular flexibility index (Phi) is 11.6. The minimum Gasteiger partial charge on any atom is -0.453 e. The fraction of sp³-hybridized carbons (Fsp3) is 0.333. The molecule has 0 bridgehead atoms. The predicted molar refractivity (Wildman–Crippen MR) is 181 cm³/mol. The summed E-state index contributed by atoms with van der Waals surface area (Å²) in [5.74, 6) is -0.768. The molecule has 8 heteroatoms. The van der Waals surface area contributed by atoms with E-state index in [1.807, 2.05) is 78.9 Å². The minimum absolute atomic E-state index is 0.00471. The second-order valence-corrected chi connectivity index (χ2v) is 12.3. The molecule has 246 valence electrons. The topological polar surface area (TPSA) is 97.3 Å². The Morgan fingerprint density at radius 2 is 1.53 bits per heavy atom. The fourth-order valence-electron chi connectivity index (χ4n) is 6.00. The van der Waals surface area contributed by atoms with Crippen molar-refractivity contribution in [3.63, 3.8) is 0 Å². The van der Waals surface area contributed by atoms with Crippen LogP contribution in [0, 0.1) is 5.92 Å². The number of aliphatic hydroxyl groups is 1. The maximum atomic E-state index is 12.5. The van der Waals surface area contributed by atoms with Crippen LogP contribution in [0.4, 0.5) is 0 Å². The lowest BCUT2D eigenvalue weighted by atomic mass is 9.90. The number of nitrogens with one attached hydrogen (secondary N) is 1. The van der Waals surface area contributed by atoms with Gasteiger partial charge in [-0.1, -0.05) is 110 Å². The van der Waals surface area contributed by atoms with Crippen LogP contribution in [0.2, 0.25) is 0 Å². The molecule has 0 unspecified atom stereocenters. The highest BCUT2D eigenvalue weighted by molar-refractivity contribution is 5.83. The zero-order valence-electron chi connectivity index (χ0n) is 27.5. The summed E-state index contributed by atoms with van der Waals surface area (Å²) in [7, 11) is 2.12. The normalized spacial score (nSPS) is 20.0. The third-order valence-electron chi connectivity index (χ3n) is 8.59. The van der Waals surface area contributed by atoms with Crippen LogP contribution in [0.3, 0.4) is 0 Å². The van der Waals surface area contributed by atoms with Crippen LogP contribution in [0.5, 0.6) is 0 Å². The van der Waals surface area contributed by atoms with Crippen molar-refractivity contribution >= 4 is 11.9 Å². The van der Waals surface area contributed by atoms with Crippen LogP contribution in [0.25, 0.3) is 11.1 Å². The molecule has 5 rings (SSSR count). The molecule has 5 atom stereocenters. The number of hydrogen-bond acceptors (Lipinski definition) is 7. The van der Waals surface area contributed by atoms with Gasteiger partial charge in [0, 0.05) is 38.0 Å². The van der Waals surface area contributed by atoms with Crippen molar-refractivity contribution in [2.45, 2.75) is 65.1 Å². The summed E-state index contributed by atoms with van der Waals surface area (Å²) in [4.78, 5) is 26.0. The van der Waals surface area contributed by atoms with Gasteiger partial charge in [-0.05, 0) is 47.4 Å². The van der Waals surface area contributed by atoms with Gasteiger partial charge in [0.2, 0.25) is 0 Å². The number of carbonyl (C=O) groups is 2. The van der Waals surface area contributed by atoms with E-state index in [1.54, 1.807) is 6.92 Å². The van der Waals surface area contributed by atoms with Crippen molar-refractivity contribution in [1.82, 2.24) is 10.2 Å². The largest absolute Gasteiger partial charge is 0.453 e. The Balaban J connectivity index is 1.34. The number of ether oxygens (including phenoxy) is 3. The number of nitrogens with zero attached hydrogens (tertiary/aromatic N) is 1. The first-order valence-electron chi connectivity index (χ1n) is 16.1. The number of aliphatic hydroxyl groups excluding tert-OH is 1. The standard InChI is InChI=1S/C39H44N2O6/c1-26-36(24-41(4)23-29-10-6-5-7-11-29)46-39(47-37(26)32-16-14-30(25-42)15-17-32)33-20-18-31(19-21-33)35-13-9-8-12-34(35)22-40-38(44)27(2)45-28(3)43/h5-21,26-27,36-37,39,42H,22-25H2,1-4H3,(H,40,44)/t26-,27+,36+,37+,39+/m1/s1. The molecule has 4 aromatic carbocycles. The van der Waals surface area contributed by atoms with Gasteiger partial charge in [-0.2, -0.15) is 0 Å². The lowest BCUT2D eigenvalue weighted by Crippen LogP contribution is -2.43. The molecule has 1 heterocycles. The van der Waals surface area contributed by atoms with Crippen molar-refractivity contribution < 1.29 is 28.9 Å². The predicted octanol–water partition coefficient (Wildman–Crippen LogP) is 6.34. The van der Waals surface area contributed by atoms with Crippen LogP contribution >= 0.6 is 0 Å². The van der Waals surface area contributed by atoms with Gasteiger partial charge in [-0.15, -0.1) is 0 Å². The maximum absolute atomic E-state index is 12.5. The molecule has 4 aromatic rings. The Bertz CT molecular complexity index is 1610. The summed E-state index contributed by atoms with van der Waals surface area (Å²) < 4.78 is 18.4. The van der Waals surface area contributed by atoms with E-state index in [9.17, 15) is 14.7 Å². The molecule has 0 radical (unpaired) electrons. The molecule has 2 N–H and O–H groups in total. The Hall–Kier alpha value is -4.34. The number of amides is 1. The van der Waals surface area contributed by atoms with Crippen LogP contribution in [0.1, 0.15) is 61.0 Å². The maximum Gasteiger partial charge on any atom is 0.303 e. The van der Waals surface area contributed by atoms with Gasteiger partial charge in [-0.25, -0.2) is 0 Å². The Labute approximate surface area is 277 Å². The molecule has 1 amide bonds. The summed E-state index contributed by atoms with van der Waals surface area (Å²) in [5.41, 5.74) is 6.99. The fourth-order valence-corrected chi connectivity index (χ4v) is 6.00. The van der Waals surface area contributed by atoms with Gasteiger partial charge in [0.25, 0.3) is 5.91 Å². The highest BCUT2D eigenvalue weighted by Crippen LogP contribution is 2.42. The van der Waals surface area contributed by atoms with Gasteiger partial charge >= 0.3 is 5.97 Å². The van der Waals surface area contributed by atoms with E-state index in [-0.39, 0.29) is 30.6 Å². The summed E-state index contributed by atoms with van der Waals surface area (Å²) in [6, 6.07) is 34.4. The van der Waals surface area contributed by atoms with Crippen LogP contribution in [-0.4, -0.2) is 47.7 Å². The van der Waals surface area contributed by atoms with Crippen LogP contribution < -0.4 is 5.32 Å². The summed E-state index contributed by atoms with van der Waals surface area (Å²) in [5, 5.41) is 12.4. The third-order valence-corrected chi connectivity index (χ3v) is 8.59. The van der Waals surface area contributed by atoms with Crippen LogP contribution in [-0.2, 0) is 43.5 Å². The first-order valence-corrected chi connectivity index (χ1v) is 16.1. The molecule has 47 heavy (non-hydrogen) atoms. The second kappa shape index (κ2) is 16.0.